The highest BCUT2D eigenvalue weighted by Gasteiger charge is 2.26. The number of likely N-dealkylation sites (tertiary alicyclic amines) is 1. The predicted octanol–water partition coefficient (Wildman–Crippen LogP) is 1.71. The number of H-pyrrole nitrogens is 1. The number of pyridine rings is 2. The summed E-state index contributed by atoms with van der Waals surface area (Å²) in [6.45, 7) is 1.76. The van der Waals surface area contributed by atoms with Gasteiger partial charge in [0.2, 0.25) is 0 Å². The molecule has 0 bridgehead atoms. The van der Waals surface area contributed by atoms with Gasteiger partial charge in [-0.05, 0) is 25.0 Å². The molecule has 0 saturated carbocycles. The molecule has 0 amide bonds. The molecule has 0 aliphatic carbocycles. The van der Waals surface area contributed by atoms with Gasteiger partial charge in [-0.3, -0.25) is 19.3 Å². The van der Waals surface area contributed by atoms with Crippen LogP contribution in [0.4, 0.5) is 0 Å². The van der Waals surface area contributed by atoms with Crippen LogP contribution in [-0.2, 0) is 4.74 Å². The first-order chi connectivity index (χ1) is 17.0. The van der Waals surface area contributed by atoms with Crippen LogP contribution < -0.4 is 16.0 Å². The number of ether oxygens (including phenoxy) is 2. The Balaban J connectivity index is 1.63. The molecule has 0 spiro atoms. The number of nitrogens with one attached hydrogen (secondary N) is 1. The third-order valence-electron chi connectivity index (χ3n) is 6.17. The van der Waals surface area contributed by atoms with E-state index in [4.69, 9.17) is 26.7 Å². The zero-order valence-corrected chi connectivity index (χ0v) is 20.0. The Morgan fingerprint density at radius 1 is 1.11 bits per heavy atom. The molecule has 1 N–H and O–H groups in total. The van der Waals surface area contributed by atoms with Gasteiger partial charge in [0, 0.05) is 50.4 Å². The zero-order valence-electron chi connectivity index (χ0n) is 19.2. The number of aromatic nitrogens is 6. The van der Waals surface area contributed by atoms with Gasteiger partial charge in [-0.1, -0.05) is 12.2 Å². The van der Waals surface area contributed by atoms with Crippen molar-refractivity contribution in [3.05, 3.63) is 51.6 Å². The van der Waals surface area contributed by atoms with Gasteiger partial charge in [0.1, 0.15) is 10.5 Å². The molecular formula is C23H23N7O4S. The van der Waals surface area contributed by atoms with Gasteiger partial charge < -0.3 is 14.4 Å². The Labute approximate surface area is 204 Å². The van der Waals surface area contributed by atoms with Crippen molar-refractivity contribution in [3.63, 3.8) is 0 Å². The lowest BCUT2D eigenvalue weighted by Crippen LogP contribution is -2.42. The summed E-state index contributed by atoms with van der Waals surface area (Å²) in [4.78, 5) is 48.6. The van der Waals surface area contributed by atoms with Gasteiger partial charge >= 0.3 is 11.7 Å². The number of rotatable bonds is 5. The maximum absolute atomic E-state index is 13.1. The van der Waals surface area contributed by atoms with E-state index in [0.29, 0.717) is 65.7 Å². The molecule has 0 aromatic carbocycles. The summed E-state index contributed by atoms with van der Waals surface area (Å²) >= 11 is 5.44. The van der Waals surface area contributed by atoms with Crippen molar-refractivity contribution in [3.8, 4) is 17.3 Å². The van der Waals surface area contributed by atoms with Gasteiger partial charge in [0.15, 0.2) is 0 Å². The van der Waals surface area contributed by atoms with E-state index in [1.165, 1.54) is 13.3 Å². The molecule has 11 nitrogen and oxygen atoms in total. The summed E-state index contributed by atoms with van der Waals surface area (Å²) in [5, 5.41) is 0.310. The molecule has 1 fully saturated rings. The topological polar surface area (TPSA) is 128 Å². The molecule has 1 aliphatic heterocycles. The number of fused-ring (bicyclic) bond motifs is 3. The highest BCUT2D eigenvalue weighted by atomic mass is 32.1. The van der Waals surface area contributed by atoms with Crippen molar-refractivity contribution >= 4 is 39.1 Å². The second-order valence-electron chi connectivity index (χ2n) is 8.22. The molecule has 1 aliphatic rings. The molecule has 5 heterocycles. The average molecular weight is 494 g/mol. The highest BCUT2D eigenvalue weighted by Crippen LogP contribution is 2.28. The van der Waals surface area contributed by atoms with Crippen LogP contribution in [0.15, 0.2) is 40.3 Å². The number of piperidine rings is 1. The Morgan fingerprint density at radius 2 is 1.86 bits per heavy atom. The first-order valence-electron chi connectivity index (χ1n) is 11.1. The van der Waals surface area contributed by atoms with Crippen LogP contribution in [0.3, 0.4) is 0 Å². The SMILES string of the molecule is COCC(=S)N1CCC(n2c(=O)[nH]c(=O)c3cnc4ccc(-c5cnc(OC)nc5)nc4c32)CC1. The normalized spacial score (nSPS) is 14.5. The number of hydrogen-bond donors (Lipinski definition) is 1. The van der Waals surface area contributed by atoms with Crippen LogP contribution in [0.2, 0.25) is 0 Å². The van der Waals surface area contributed by atoms with E-state index in [0.717, 1.165) is 4.99 Å². The monoisotopic (exact) mass is 493 g/mol. The predicted molar refractivity (Wildman–Crippen MR) is 134 cm³/mol. The van der Waals surface area contributed by atoms with E-state index in [-0.39, 0.29) is 12.1 Å². The van der Waals surface area contributed by atoms with Crippen LogP contribution in [-0.4, -0.2) is 73.3 Å². The fourth-order valence-electron chi connectivity index (χ4n) is 4.44. The molecule has 0 radical (unpaired) electrons. The molecular weight excluding hydrogens is 470 g/mol. The summed E-state index contributed by atoms with van der Waals surface area (Å²) in [5.74, 6) is 0. The number of hydrogen-bond acceptors (Lipinski definition) is 9. The van der Waals surface area contributed by atoms with Crippen molar-refractivity contribution < 1.29 is 9.47 Å². The van der Waals surface area contributed by atoms with Crippen molar-refractivity contribution in [1.82, 2.24) is 34.4 Å². The molecule has 5 rings (SSSR count). The lowest BCUT2D eigenvalue weighted by molar-refractivity contribution is 0.215. The van der Waals surface area contributed by atoms with Gasteiger partial charge in [-0.15, -0.1) is 0 Å². The third-order valence-corrected chi connectivity index (χ3v) is 6.54. The van der Waals surface area contributed by atoms with Crippen molar-refractivity contribution in [1.29, 1.82) is 0 Å². The van der Waals surface area contributed by atoms with Crippen molar-refractivity contribution in [2.24, 2.45) is 0 Å². The van der Waals surface area contributed by atoms with E-state index < -0.39 is 11.2 Å². The van der Waals surface area contributed by atoms with E-state index in [2.05, 4.69) is 24.8 Å². The minimum absolute atomic E-state index is 0.135. The van der Waals surface area contributed by atoms with Crippen LogP contribution in [0.5, 0.6) is 6.01 Å². The lowest BCUT2D eigenvalue weighted by Gasteiger charge is -2.34. The number of aromatic amines is 1. The quantitative estimate of drug-likeness (QED) is 0.324. The molecule has 180 valence electrons. The molecule has 4 aromatic heterocycles. The maximum Gasteiger partial charge on any atom is 0.329 e. The Bertz CT molecular complexity index is 1530. The Kier molecular flexibility index (Phi) is 6.22. The van der Waals surface area contributed by atoms with E-state index in [1.807, 2.05) is 6.07 Å². The van der Waals surface area contributed by atoms with Crippen molar-refractivity contribution in [2.45, 2.75) is 18.9 Å². The summed E-state index contributed by atoms with van der Waals surface area (Å²) in [6, 6.07) is 3.72. The first-order valence-corrected chi connectivity index (χ1v) is 11.5. The van der Waals surface area contributed by atoms with Crippen LogP contribution in [0.25, 0.3) is 33.2 Å². The lowest BCUT2D eigenvalue weighted by atomic mass is 10.0. The second-order valence-corrected chi connectivity index (χ2v) is 8.69. The number of nitrogens with zero attached hydrogens (tertiary/aromatic N) is 6. The Morgan fingerprint density at radius 3 is 2.54 bits per heavy atom. The van der Waals surface area contributed by atoms with Gasteiger partial charge in [-0.25, -0.2) is 19.7 Å². The van der Waals surface area contributed by atoms with Gasteiger partial charge in [0.05, 0.1) is 35.8 Å². The summed E-state index contributed by atoms with van der Waals surface area (Å²) < 4.78 is 11.8. The Hall–Kier alpha value is -3.77. The first kappa shape index (κ1) is 23.0. The summed E-state index contributed by atoms with van der Waals surface area (Å²) in [5.41, 5.74) is 1.82. The molecule has 35 heavy (non-hydrogen) atoms. The molecule has 4 aromatic rings. The van der Waals surface area contributed by atoms with E-state index in [1.54, 1.807) is 30.1 Å². The summed E-state index contributed by atoms with van der Waals surface area (Å²) in [6.07, 6.45) is 6.07. The van der Waals surface area contributed by atoms with E-state index in [9.17, 15) is 9.59 Å². The van der Waals surface area contributed by atoms with E-state index >= 15 is 0 Å². The van der Waals surface area contributed by atoms with Gasteiger partial charge in [0.25, 0.3) is 5.56 Å². The maximum atomic E-state index is 13.1. The molecule has 0 unspecified atom stereocenters. The summed E-state index contributed by atoms with van der Waals surface area (Å²) in [7, 11) is 3.11. The number of thiocarbonyl (C=S) groups is 1. The molecule has 1 saturated heterocycles. The second kappa shape index (κ2) is 9.47. The minimum atomic E-state index is -0.491. The van der Waals surface area contributed by atoms with Crippen LogP contribution >= 0.6 is 12.2 Å². The minimum Gasteiger partial charge on any atom is -0.467 e. The fourth-order valence-corrected chi connectivity index (χ4v) is 4.74. The van der Waals surface area contributed by atoms with Crippen LogP contribution in [0.1, 0.15) is 18.9 Å². The van der Waals surface area contributed by atoms with Gasteiger partial charge in [-0.2, -0.15) is 0 Å². The molecule has 0 atom stereocenters. The zero-order chi connectivity index (χ0) is 24.5. The molecule has 12 heteroatoms. The largest absolute Gasteiger partial charge is 0.467 e. The van der Waals surface area contributed by atoms with Crippen molar-refractivity contribution in [2.75, 3.05) is 33.9 Å². The smallest absolute Gasteiger partial charge is 0.329 e. The fraction of sp³-hybridized carbons (Fsp3) is 0.348. The standard InChI is InChI=1S/C23H23N7O4S/c1-33-12-18(35)29-7-5-14(6-8-29)30-20-15(21(31)28-23(30)32)11-24-17-4-3-16(27-19(17)20)13-9-25-22(34-2)26-10-13/h3-4,9-11,14H,5-8,12H2,1-2H3,(H,28,31,32). The number of methoxy groups -OCH3 is 2. The highest BCUT2D eigenvalue weighted by molar-refractivity contribution is 7.80. The third kappa shape index (κ3) is 4.26. The van der Waals surface area contributed by atoms with Crippen LogP contribution in [0, 0.1) is 0 Å². The average Bonchev–Trinajstić information content (AvgIpc) is 2.89.